The summed E-state index contributed by atoms with van der Waals surface area (Å²) in [4.78, 5) is 47.8. The van der Waals surface area contributed by atoms with Crippen molar-refractivity contribution >= 4 is 52.2 Å². The third-order valence-electron chi connectivity index (χ3n) is 8.27. The molecule has 0 saturated carbocycles. The van der Waals surface area contributed by atoms with Crippen LogP contribution in [0, 0.1) is 12.8 Å². The summed E-state index contributed by atoms with van der Waals surface area (Å²) in [5, 5.41) is 5.77. The van der Waals surface area contributed by atoms with Crippen molar-refractivity contribution in [3.8, 4) is 5.75 Å². The fraction of sp³-hybridized carbons (Fsp3) is 0.348. The molecular weight excluding hydrogens is 723 g/mol. The van der Waals surface area contributed by atoms with E-state index in [1.54, 1.807) is 37.0 Å². The van der Waals surface area contributed by atoms with Gasteiger partial charge in [-0.1, -0.05) is 88.2 Å². The van der Waals surface area contributed by atoms with Gasteiger partial charge in [0, 0.05) is 72.3 Å². The van der Waals surface area contributed by atoms with Crippen LogP contribution < -0.4 is 20.3 Å². The first-order chi connectivity index (χ1) is 26.8. The van der Waals surface area contributed by atoms with E-state index >= 15 is 0 Å². The second-order valence-corrected chi connectivity index (χ2v) is 13.8. The van der Waals surface area contributed by atoms with E-state index in [1.807, 2.05) is 53.9 Å². The lowest BCUT2D eigenvalue weighted by Gasteiger charge is -2.16. The molecule has 0 radical (unpaired) electrons. The number of benzene rings is 3. The fourth-order valence-corrected chi connectivity index (χ4v) is 5.89. The van der Waals surface area contributed by atoms with Crippen LogP contribution in [0.2, 0.25) is 0 Å². The molecule has 0 spiro atoms. The van der Waals surface area contributed by atoms with Crippen LogP contribution in [0.25, 0.3) is 10.5 Å². The number of thioether (sulfide) groups is 1. The first-order valence-corrected chi connectivity index (χ1v) is 19.6. The second kappa shape index (κ2) is 27.4. The first-order valence-electron chi connectivity index (χ1n) is 18.8. The SMILES string of the molecule is C=C(/C=C\C(=C/C)c1ccc(C(=C)Sc2cc(N(C)C)ccc2C)cc1)NCCOCCOc1ccc(C=O)c(C(C)=O)c1.CC.CNC(=O)C(C)CCC=O. The van der Waals surface area contributed by atoms with E-state index in [-0.39, 0.29) is 17.6 Å². The molecule has 2 N–H and O–H groups in total. The molecule has 56 heavy (non-hydrogen) atoms. The minimum atomic E-state index is -0.178. The molecule has 1 atom stereocenters. The van der Waals surface area contributed by atoms with E-state index in [4.69, 9.17) is 9.47 Å². The Morgan fingerprint density at radius 3 is 2.20 bits per heavy atom. The third kappa shape index (κ3) is 17.5. The van der Waals surface area contributed by atoms with E-state index in [0.29, 0.717) is 62.4 Å². The highest BCUT2D eigenvalue weighted by atomic mass is 32.2. The van der Waals surface area contributed by atoms with Crippen LogP contribution in [0.4, 0.5) is 5.69 Å². The van der Waals surface area contributed by atoms with Gasteiger partial charge in [-0.15, -0.1) is 0 Å². The monoisotopic (exact) mass is 783 g/mol. The molecule has 0 saturated heterocycles. The smallest absolute Gasteiger partial charge is 0.222 e. The van der Waals surface area contributed by atoms with Crippen molar-refractivity contribution in [1.29, 1.82) is 0 Å². The number of hydrogen-bond acceptors (Lipinski definition) is 9. The number of carbonyl (C=O) groups is 4. The van der Waals surface area contributed by atoms with E-state index in [1.165, 1.54) is 23.1 Å². The summed E-state index contributed by atoms with van der Waals surface area (Å²) < 4.78 is 11.3. The maximum Gasteiger partial charge on any atom is 0.222 e. The van der Waals surface area contributed by atoms with Crippen molar-refractivity contribution in [3.63, 3.8) is 0 Å². The quantitative estimate of drug-likeness (QED) is 0.0359. The summed E-state index contributed by atoms with van der Waals surface area (Å²) in [5.41, 5.74) is 7.20. The lowest BCUT2D eigenvalue weighted by atomic mass is 10.0. The van der Waals surface area contributed by atoms with Crippen LogP contribution in [0.3, 0.4) is 0 Å². The van der Waals surface area contributed by atoms with Gasteiger partial charge in [-0.25, -0.2) is 0 Å². The molecule has 0 aliphatic carbocycles. The summed E-state index contributed by atoms with van der Waals surface area (Å²) in [6, 6.07) is 19.8. The lowest BCUT2D eigenvalue weighted by Crippen LogP contribution is -2.25. The number of nitrogens with one attached hydrogen (secondary N) is 2. The summed E-state index contributed by atoms with van der Waals surface area (Å²) in [7, 11) is 5.69. The van der Waals surface area contributed by atoms with Crippen molar-refractivity contribution in [2.75, 3.05) is 52.4 Å². The predicted molar refractivity (Wildman–Crippen MR) is 235 cm³/mol. The van der Waals surface area contributed by atoms with Crippen LogP contribution >= 0.6 is 11.8 Å². The normalized spacial score (nSPS) is 11.2. The highest BCUT2D eigenvalue weighted by Crippen LogP contribution is 2.37. The lowest BCUT2D eigenvalue weighted by molar-refractivity contribution is -0.124. The topological polar surface area (TPSA) is 114 Å². The van der Waals surface area contributed by atoms with Crippen LogP contribution in [0.15, 0.2) is 103 Å². The molecule has 1 unspecified atom stereocenters. The third-order valence-corrected chi connectivity index (χ3v) is 9.42. The molecule has 0 aliphatic heterocycles. The van der Waals surface area contributed by atoms with Gasteiger partial charge in [-0.05, 0) is 85.9 Å². The zero-order valence-corrected chi connectivity index (χ0v) is 35.5. The Kier molecular flexibility index (Phi) is 23.9. The zero-order valence-electron chi connectivity index (χ0n) is 34.7. The molecule has 9 nitrogen and oxygen atoms in total. The largest absolute Gasteiger partial charge is 0.491 e. The number of ketones is 1. The van der Waals surface area contributed by atoms with Crippen LogP contribution in [-0.2, 0) is 14.3 Å². The number of Topliss-reactive ketones (excluding diaryl/α,β-unsaturated/α-hetero) is 1. The predicted octanol–water partition coefficient (Wildman–Crippen LogP) is 9.37. The maximum absolute atomic E-state index is 11.7. The molecule has 10 heteroatoms. The number of carbonyl (C=O) groups excluding carboxylic acids is 4. The molecule has 0 heterocycles. The molecule has 0 aliphatic rings. The van der Waals surface area contributed by atoms with Crippen molar-refractivity contribution < 1.29 is 28.7 Å². The van der Waals surface area contributed by atoms with E-state index < -0.39 is 0 Å². The molecule has 0 aromatic heterocycles. The Bertz CT molecular complexity index is 1800. The van der Waals surface area contributed by atoms with Crippen molar-refractivity contribution in [1.82, 2.24) is 10.6 Å². The molecular formula is C46H61N3O6S. The number of aldehydes is 2. The average molecular weight is 784 g/mol. The van der Waals surface area contributed by atoms with Crippen LogP contribution in [0.1, 0.15) is 84.9 Å². The van der Waals surface area contributed by atoms with E-state index in [9.17, 15) is 19.2 Å². The van der Waals surface area contributed by atoms with Crippen LogP contribution in [-0.4, -0.2) is 71.8 Å². The van der Waals surface area contributed by atoms with Gasteiger partial charge in [0.25, 0.3) is 0 Å². The number of amides is 1. The summed E-state index contributed by atoms with van der Waals surface area (Å²) >= 11 is 1.70. The van der Waals surface area contributed by atoms with Gasteiger partial charge in [0.05, 0.1) is 13.2 Å². The number of allylic oxidation sites excluding steroid dienone is 4. The van der Waals surface area contributed by atoms with Crippen molar-refractivity contribution in [2.24, 2.45) is 5.92 Å². The zero-order chi connectivity index (χ0) is 42.0. The molecule has 3 rings (SSSR count). The Morgan fingerprint density at radius 1 is 0.929 bits per heavy atom. The van der Waals surface area contributed by atoms with E-state index in [0.717, 1.165) is 33.6 Å². The number of ether oxygens (including phenoxy) is 2. The Hall–Kier alpha value is -5.19. The van der Waals surface area contributed by atoms with Gasteiger partial charge in [0.2, 0.25) is 5.91 Å². The number of hydrogen-bond donors (Lipinski definition) is 2. The van der Waals surface area contributed by atoms with Crippen molar-refractivity contribution in [3.05, 3.63) is 126 Å². The van der Waals surface area contributed by atoms with Gasteiger partial charge in [-0.2, -0.15) is 0 Å². The van der Waals surface area contributed by atoms with Gasteiger partial charge < -0.3 is 29.8 Å². The Balaban J connectivity index is 0.00000113. The number of aryl methyl sites for hydroxylation is 1. The highest BCUT2D eigenvalue weighted by molar-refractivity contribution is 8.08. The van der Waals surface area contributed by atoms with E-state index in [2.05, 4.69) is 84.2 Å². The number of rotatable bonds is 21. The standard InChI is InChI=1S/C37H42N2O4S.C7H13NO2.C2H6/c1-8-30(32-14-12-31(13-15-32)29(5)44-37-23-34(39(6)7)17-9-26(37)2)11-10-27(3)38-19-20-42-21-22-43-35-18-16-33(25-40)36(24-35)28(4)41;1-6(4-3-5-9)7(10)8-2;1-2/h8-18,23-25,38H,3,5,19-22H2,1-2,4,6-7H3;5-6H,3-4H2,1-2H3,(H,8,10);1-2H3/b11-10-,30-8+;;. The summed E-state index contributed by atoms with van der Waals surface area (Å²) in [6.45, 7) is 21.6. The van der Waals surface area contributed by atoms with Gasteiger partial charge in [0.1, 0.15) is 18.6 Å². The Morgan fingerprint density at radius 2 is 1.61 bits per heavy atom. The number of nitrogens with zero attached hydrogens (tertiary/aromatic N) is 1. The van der Waals surface area contributed by atoms with Gasteiger partial charge in [-0.3, -0.25) is 14.4 Å². The molecule has 3 aromatic carbocycles. The molecule has 0 fully saturated rings. The fourth-order valence-electron chi connectivity index (χ4n) is 4.96. The summed E-state index contributed by atoms with van der Waals surface area (Å²) in [5.74, 6) is 0.306. The highest BCUT2D eigenvalue weighted by Gasteiger charge is 2.11. The van der Waals surface area contributed by atoms with Gasteiger partial charge >= 0.3 is 0 Å². The minimum Gasteiger partial charge on any atom is -0.491 e. The number of anilines is 1. The van der Waals surface area contributed by atoms with Crippen LogP contribution in [0.5, 0.6) is 5.75 Å². The maximum atomic E-state index is 11.7. The minimum absolute atomic E-state index is 0.00171. The molecule has 0 bridgehead atoms. The second-order valence-electron chi connectivity index (χ2n) is 12.6. The Labute approximate surface area is 339 Å². The average Bonchev–Trinajstić information content (AvgIpc) is 3.21. The molecule has 3 aromatic rings. The van der Waals surface area contributed by atoms with Gasteiger partial charge in [0.15, 0.2) is 12.1 Å². The van der Waals surface area contributed by atoms with Crippen molar-refractivity contribution in [2.45, 2.75) is 59.3 Å². The molecule has 1 amide bonds. The summed E-state index contributed by atoms with van der Waals surface area (Å²) in [6.07, 6.45) is 8.69. The first kappa shape index (κ1) is 48.8. The molecule has 302 valence electrons.